The highest BCUT2D eigenvalue weighted by molar-refractivity contribution is 6.06. The molecule has 14 heteroatoms. The third kappa shape index (κ3) is 7.96. The number of imide groups is 1. The van der Waals surface area contributed by atoms with E-state index < -0.39 is 17.9 Å². The molecule has 3 N–H and O–H groups in total. The first-order valence-electron chi connectivity index (χ1n) is 17.6. The third-order valence-corrected chi connectivity index (χ3v) is 9.49. The van der Waals surface area contributed by atoms with Gasteiger partial charge in [0.05, 0.1) is 26.5 Å². The Morgan fingerprint density at radius 1 is 1.00 bits per heavy atom. The lowest BCUT2D eigenvalue weighted by molar-refractivity contribution is -0.136. The average Bonchev–Trinajstić information content (AvgIpc) is 3.68. The van der Waals surface area contributed by atoms with Crippen molar-refractivity contribution in [2.24, 2.45) is 0 Å². The van der Waals surface area contributed by atoms with Gasteiger partial charge in [-0.1, -0.05) is 32.1 Å². The predicted octanol–water partition coefficient (Wildman–Crippen LogP) is 5.17. The first-order valence-corrected chi connectivity index (χ1v) is 17.6. The fourth-order valence-corrected chi connectivity index (χ4v) is 6.50. The standard InChI is InChI=1S/C39H45N7O7/c1-23-35(43-44-46(23)32-21-26(51-5)12-14-33(32)52-6)37(49)41-25-18-24(39(2,3)4)19-27(20-25)53-17-8-7-16-40-30-11-9-10-28-29(30)22-45(38(28)50)31-13-15-34(47)42-36(31)48/h9-12,14,18-21,31,40H,7-8,13,15-17,22H2,1-6H3,(H,41,49)(H,42,47,48). The molecule has 6 rings (SSSR count). The minimum atomic E-state index is -0.655. The van der Waals surface area contributed by atoms with E-state index in [0.717, 1.165) is 29.7 Å². The molecule has 14 nitrogen and oxygen atoms in total. The Labute approximate surface area is 308 Å². The molecule has 278 valence electrons. The van der Waals surface area contributed by atoms with E-state index in [9.17, 15) is 19.2 Å². The van der Waals surface area contributed by atoms with Gasteiger partial charge in [0, 0.05) is 54.1 Å². The first-order chi connectivity index (χ1) is 25.4. The van der Waals surface area contributed by atoms with Gasteiger partial charge in [-0.15, -0.1) is 5.10 Å². The van der Waals surface area contributed by atoms with Crippen molar-refractivity contribution in [3.8, 4) is 22.9 Å². The number of rotatable bonds is 13. The Bertz CT molecular complexity index is 2050. The van der Waals surface area contributed by atoms with Crippen LogP contribution < -0.4 is 30.2 Å². The van der Waals surface area contributed by atoms with Gasteiger partial charge in [0.25, 0.3) is 11.8 Å². The number of unbranched alkanes of at least 4 members (excludes halogenated alkanes) is 1. The number of methoxy groups -OCH3 is 2. The molecule has 3 heterocycles. The highest BCUT2D eigenvalue weighted by Crippen LogP contribution is 2.34. The van der Waals surface area contributed by atoms with Gasteiger partial charge in [0.15, 0.2) is 5.69 Å². The minimum Gasteiger partial charge on any atom is -0.497 e. The monoisotopic (exact) mass is 723 g/mol. The van der Waals surface area contributed by atoms with Crippen LogP contribution in [0.1, 0.15) is 84.1 Å². The molecular weight excluding hydrogens is 678 g/mol. The number of piperidine rings is 1. The van der Waals surface area contributed by atoms with Crippen LogP contribution in [0.5, 0.6) is 17.2 Å². The molecule has 0 bridgehead atoms. The van der Waals surface area contributed by atoms with Crippen LogP contribution >= 0.6 is 0 Å². The van der Waals surface area contributed by atoms with Gasteiger partial charge in [0.2, 0.25) is 11.8 Å². The van der Waals surface area contributed by atoms with Crippen LogP contribution in [0, 0.1) is 6.92 Å². The summed E-state index contributed by atoms with van der Waals surface area (Å²) in [5, 5.41) is 17.2. The van der Waals surface area contributed by atoms with E-state index in [-0.39, 0.29) is 29.3 Å². The van der Waals surface area contributed by atoms with E-state index in [0.29, 0.717) is 66.0 Å². The Kier molecular flexibility index (Phi) is 10.7. The zero-order chi connectivity index (χ0) is 37.9. The zero-order valence-corrected chi connectivity index (χ0v) is 30.9. The van der Waals surface area contributed by atoms with Crippen LogP contribution in [-0.4, -0.2) is 76.9 Å². The van der Waals surface area contributed by atoms with E-state index in [1.165, 1.54) is 0 Å². The van der Waals surface area contributed by atoms with Gasteiger partial charge < -0.3 is 29.7 Å². The minimum absolute atomic E-state index is 0.170. The molecule has 0 aliphatic carbocycles. The lowest BCUT2D eigenvalue weighted by Gasteiger charge is -2.29. The summed E-state index contributed by atoms with van der Waals surface area (Å²) in [5.74, 6) is 0.459. The summed E-state index contributed by atoms with van der Waals surface area (Å²) in [7, 11) is 3.13. The maximum atomic E-state index is 13.5. The average molecular weight is 724 g/mol. The van der Waals surface area contributed by atoms with Crippen molar-refractivity contribution >= 4 is 35.0 Å². The summed E-state index contributed by atoms with van der Waals surface area (Å²) < 4.78 is 18.6. The molecule has 4 amide bonds. The second kappa shape index (κ2) is 15.4. The molecule has 1 unspecified atom stereocenters. The van der Waals surface area contributed by atoms with Crippen LogP contribution in [0.3, 0.4) is 0 Å². The van der Waals surface area contributed by atoms with Crippen molar-refractivity contribution in [3.05, 3.63) is 82.7 Å². The molecule has 4 aromatic rings. The van der Waals surface area contributed by atoms with Crippen molar-refractivity contribution in [2.75, 3.05) is 38.0 Å². The Hall–Kier alpha value is -5.92. The third-order valence-electron chi connectivity index (χ3n) is 9.49. The van der Waals surface area contributed by atoms with E-state index in [4.69, 9.17) is 14.2 Å². The maximum absolute atomic E-state index is 13.5. The second-order valence-electron chi connectivity index (χ2n) is 14.1. The number of fused-ring (bicyclic) bond motifs is 1. The number of nitrogens with one attached hydrogen (secondary N) is 3. The highest BCUT2D eigenvalue weighted by atomic mass is 16.5. The lowest BCUT2D eigenvalue weighted by atomic mass is 9.86. The van der Waals surface area contributed by atoms with Gasteiger partial charge >= 0.3 is 0 Å². The smallest absolute Gasteiger partial charge is 0.278 e. The molecule has 0 radical (unpaired) electrons. The van der Waals surface area contributed by atoms with Gasteiger partial charge in [-0.3, -0.25) is 24.5 Å². The maximum Gasteiger partial charge on any atom is 0.278 e. The van der Waals surface area contributed by atoms with Crippen molar-refractivity contribution < 1.29 is 33.4 Å². The van der Waals surface area contributed by atoms with Crippen molar-refractivity contribution in [2.45, 2.75) is 71.4 Å². The Morgan fingerprint density at radius 3 is 2.55 bits per heavy atom. The summed E-state index contributed by atoms with van der Waals surface area (Å²) in [6.07, 6.45) is 2.08. The van der Waals surface area contributed by atoms with Crippen LogP contribution in [0.2, 0.25) is 0 Å². The van der Waals surface area contributed by atoms with E-state index >= 15 is 0 Å². The number of carbonyl (C=O) groups excluding carboxylic acids is 4. The number of hydrogen-bond donors (Lipinski definition) is 3. The summed E-state index contributed by atoms with van der Waals surface area (Å²) >= 11 is 0. The molecular formula is C39H45N7O7. The summed E-state index contributed by atoms with van der Waals surface area (Å²) in [6.45, 7) is 9.47. The summed E-state index contributed by atoms with van der Waals surface area (Å²) in [6, 6.07) is 15.9. The van der Waals surface area contributed by atoms with Crippen LogP contribution in [0.25, 0.3) is 5.69 Å². The number of hydrogen-bond acceptors (Lipinski definition) is 10. The molecule has 1 saturated heterocycles. The van der Waals surface area contributed by atoms with Crippen LogP contribution in [-0.2, 0) is 21.5 Å². The summed E-state index contributed by atoms with van der Waals surface area (Å²) in [4.78, 5) is 52.3. The highest BCUT2D eigenvalue weighted by Gasteiger charge is 2.39. The van der Waals surface area contributed by atoms with E-state index in [1.807, 2.05) is 24.3 Å². The van der Waals surface area contributed by atoms with Crippen molar-refractivity contribution in [3.63, 3.8) is 0 Å². The fraction of sp³-hybridized carbons (Fsp3) is 0.385. The van der Waals surface area contributed by atoms with Gasteiger partial charge in [-0.05, 0) is 73.6 Å². The molecule has 0 spiro atoms. The molecule has 53 heavy (non-hydrogen) atoms. The molecule has 2 aliphatic heterocycles. The number of benzene rings is 3. The largest absolute Gasteiger partial charge is 0.497 e. The molecule has 1 fully saturated rings. The van der Waals surface area contributed by atoms with Crippen molar-refractivity contribution in [1.29, 1.82) is 0 Å². The van der Waals surface area contributed by atoms with E-state index in [2.05, 4.69) is 47.0 Å². The van der Waals surface area contributed by atoms with Crippen LogP contribution in [0.15, 0.2) is 54.6 Å². The molecule has 2 aliphatic rings. The fourth-order valence-electron chi connectivity index (χ4n) is 6.50. The van der Waals surface area contributed by atoms with Gasteiger partial charge in [-0.2, -0.15) is 0 Å². The Morgan fingerprint density at radius 2 is 1.81 bits per heavy atom. The van der Waals surface area contributed by atoms with Gasteiger partial charge in [0.1, 0.15) is 29.0 Å². The molecule has 1 aromatic heterocycles. The predicted molar refractivity (Wildman–Crippen MR) is 198 cm³/mol. The number of aromatic nitrogens is 3. The Balaban J connectivity index is 1.06. The normalized spacial score (nSPS) is 15.5. The number of nitrogens with zero attached hydrogens (tertiary/aromatic N) is 4. The van der Waals surface area contributed by atoms with Crippen LogP contribution in [0.4, 0.5) is 11.4 Å². The number of carbonyl (C=O) groups is 4. The van der Waals surface area contributed by atoms with Gasteiger partial charge in [-0.25, -0.2) is 4.68 Å². The second-order valence-corrected chi connectivity index (χ2v) is 14.1. The number of amides is 4. The number of anilines is 2. The SMILES string of the molecule is COc1ccc(OC)c(-n2nnc(C(=O)Nc3cc(OCCCCNc4cccc5c4CN(C4CCC(=O)NC4=O)C5=O)cc(C(C)(C)C)c3)c2C)c1. The zero-order valence-electron chi connectivity index (χ0n) is 30.9. The molecule has 3 aromatic carbocycles. The number of ether oxygens (including phenoxy) is 3. The molecule has 0 saturated carbocycles. The summed E-state index contributed by atoms with van der Waals surface area (Å²) in [5.41, 5.74) is 4.92. The van der Waals surface area contributed by atoms with Crippen molar-refractivity contribution in [1.82, 2.24) is 25.2 Å². The quantitative estimate of drug-likeness (QED) is 0.124. The van der Waals surface area contributed by atoms with E-state index in [1.54, 1.807) is 61.1 Å². The topological polar surface area (TPSA) is 166 Å². The first kappa shape index (κ1) is 36.9. The molecule has 1 atom stereocenters. The lowest BCUT2D eigenvalue weighted by Crippen LogP contribution is -2.52.